The molecule has 0 bridgehead atoms. The first kappa shape index (κ1) is 13.3. The van der Waals surface area contributed by atoms with Crippen molar-refractivity contribution in [2.24, 2.45) is 11.7 Å². The zero-order chi connectivity index (χ0) is 8.31. The number of hydrogen-bond donors (Lipinski definition) is 3. The molecule has 11 heavy (non-hydrogen) atoms. The highest BCUT2D eigenvalue weighted by molar-refractivity contribution is 5.85. The molecule has 0 radical (unpaired) electrons. The Balaban J connectivity index is 0. The van der Waals surface area contributed by atoms with Gasteiger partial charge in [-0.05, 0) is 5.92 Å². The van der Waals surface area contributed by atoms with Crippen LogP contribution in [0.1, 0.15) is 13.8 Å². The van der Waals surface area contributed by atoms with Gasteiger partial charge in [-0.15, -0.1) is 12.4 Å². The van der Waals surface area contributed by atoms with Gasteiger partial charge in [0.15, 0.2) is 0 Å². The van der Waals surface area contributed by atoms with E-state index in [1.54, 1.807) is 13.8 Å². The highest BCUT2D eigenvalue weighted by Crippen LogP contribution is 2.03. The minimum Gasteiger partial charge on any atom is -0.480 e. The van der Waals surface area contributed by atoms with Gasteiger partial charge in [0.2, 0.25) is 0 Å². The zero-order valence-electron chi connectivity index (χ0n) is 6.52. The Morgan fingerprint density at radius 1 is 1.45 bits per heavy atom. The lowest BCUT2D eigenvalue weighted by Crippen LogP contribution is -2.44. The molecule has 0 amide bonds. The molecule has 0 heterocycles. The quantitative estimate of drug-likeness (QED) is 0.568. The molecular formula is C6H14ClNO3. The summed E-state index contributed by atoms with van der Waals surface area (Å²) in [5.41, 5.74) is 5.11. The van der Waals surface area contributed by atoms with Crippen LogP contribution in [-0.2, 0) is 4.79 Å². The minimum absolute atomic E-state index is 0. The summed E-state index contributed by atoms with van der Waals surface area (Å²) in [4.78, 5) is 10.2. The molecule has 4 nitrogen and oxygen atoms in total. The monoisotopic (exact) mass is 183 g/mol. The van der Waals surface area contributed by atoms with E-state index in [1.165, 1.54) is 0 Å². The molecule has 4 N–H and O–H groups in total. The van der Waals surface area contributed by atoms with Crippen LogP contribution < -0.4 is 5.73 Å². The smallest absolute Gasteiger partial charge is 0.323 e. The Labute approximate surface area is 71.8 Å². The summed E-state index contributed by atoms with van der Waals surface area (Å²) < 4.78 is 0. The molecule has 68 valence electrons. The summed E-state index contributed by atoms with van der Waals surface area (Å²) >= 11 is 0. The van der Waals surface area contributed by atoms with Crippen molar-refractivity contribution in [3.8, 4) is 0 Å². The van der Waals surface area contributed by atoms with Crippen molar-refractivity contribution in [2.75, 3.05) is 0 Å². The number of halogens is 1. The van der Waals surface area contributed by atoms with Crippen LogP contribution >= 0.6 is 12.4 Å². The van der Waals surface area contributed by atoms with Crippen LogP contribution in [0.3, 0.4) is 0 Å². The van der Waals surface area contributed by atoms with Crippen LogP contribution in [0.25, 0.3) is 0 Å². The van der Waals surface area contributed by atoms with E-state index in [1.807, 2.05) is 0 Å². The number of aliphatic hydroxyl groups is 1. The summed E-state index contributed by atoms with van der Waals surface area (Å²) in [6.07, 6.45) is -0.961. The van der Waals surface area contributed by atoms with Crippen LogP contribution in [0.4, 0.5) is 0 Å². The molecule has 2 atom stereocenters. The summed E-state index contributed by atoms with van der Waals surface area (Å²) in [7, 11) is 0. The third kappa shape index (κ3) is 4.19. The zero-order valence-corrected chi connectivity index (χ0v) is 7.34. The van der Waals surface area contributed by atoms with Crippen LogP contribution in [0.15, 0.2) is 0 Å². The van der Waals surface area contributed by atoms with E-state index in [0.717, 1.165) is 0 Å². The van der Waals surface area contributed by atoms with Crippen molar-refractivity contribution in [3.05, 3.63) is 0 Å². The number of carboxylic acid groups (broad SMARTS) is 1. The Bertz CT molecular complexity index is 129. The van der Waals surface area contributed by atoms with Gasteiger partial charge in [0.05, 0.1) is 6.10 Å². The number of aliphatic hydroxyl groups excluding tert-OH is 1. The molecule has 0 aliphatic carbocycles. The largest absolute Gasteiger partial charge is 0.480 e. The molecule has 0 fully saturated rings. The fraction of sp³-hybridized carbons (Fsp3) is 0.833. The van der Waals surface area contributed by atoms with Gasteiger partial charge < -0.3 is 15.9 Å². The van der Waals surface area contributed by atoms with E-state index in [2.05, 4.69) is 0 Å². The maximum absolute atomic E-state index is 10.2. The third-order valence-electron chi connectivity index (χ3n) is 1.34. The van der Waals surface area contributed by atoms with Crippen molar-refractivity contribution < 1.29 is 15.0 Å². The number of rotatable bonds is 3. The fourth-order valence-electron chi connectivity index (χ4n) is 0.561. The fourth-order valence-corrected chi connectivity index (χ4v) is 0.561. The van der Waals surface area contributed by atoms with Gasteiger partial charge in [-0.3, -0.25) is 4.79 Å². The first-order chi connectivity index (χ1) is 4.46. The molecule has 0 saturated carbocycles. The van der Waals surface area contributed by atoms with Gasteiger partial charge in [-0.2, -0.15) is 0 Å². The van der Waals surface area contributed by atoms with Crippen molar-refractivity contribution in [1.29, 1.82) is 0 Å². The second-order valence-corrected chi connectivity index (χ2v) is 2.60. The predicted molar refractivity (Wildman–Crippen MR) is 43.7 cm³/mol. The van der Waals surface area contributed by atoms with Crippen LogP contribution in [0.2, 0.25) is 0 Å². The lowest BCUT2D eigenvalue weighted by atomic mass is 10.0. The van der Waals surface area contributed by atoms with Crippen molar-refractivity contribution in [1.82, 2.24) is 0 Å². The maximum atomic E-state index is 10.2. The van der Waals surface area contributed by atoms with E-state index in [0.29, 0.717) is 0 Å². The Kier molecular flexibility index (Phi) is 6.46. The molecular weight excluding hydrogens is 170 g/mol. The highest BCUT2D eigenvalue weighted by atomic mass is 35.5. The average molecular weight is 184 g/mol. The lowest BCUT2D eigenvalue weighted by molar-refractivity contribution is -0.141. The second kappa shape index (κ2) is 5.35. The van der Waals surface area contributed by atoms with Crippen molar-refractivity contribution >= 4 is 18.4 Å². The molecule has 0 rings (SSSR count). The predicted octanol–water partition coefficient (Wildman–Crippen LogP) is -0.163. The van der Waals surface area contributed by atoms with Crippen LogP contribution in [0.5, 0.6) is 0 Å². The Morgan fingerprint density at radius 3 is 1.91 bits per heavy atom. The summed E-state index contributed by atoms with van der Waals surface area (Å²) in [6.45, 7) is 3.43. The highest BCUT2D eigenvalue weighted by Gasteiger charge is 2.24. The molecule has 0 aromatic heterocycles. The van der Waals surface area contributed by atoms with E-state index >= 15 is 0 Å². The number of aliphatic carboxylic acids is 1. The van der Waals surface area contributed by atoms with Gasteiger partial charge in [-0.25, -0.2) is 0 Å². The first-order valence-corrected chi connectivity index (χ1v) is 3.13. The molecule has 0 aromatic rings. The Morgan fingerprint density at radius 2 is 1.82 bits per heavy atom. The van der Waals surface area contributed by atoms with Gasteiger partial charge in [0.25, 0.3) is 0 Å². The molecule has 0 saturated heterocycles. The number of carboxylic acids is 1. The minimum atomic E-state index is -1.17. The lowest BCUT2D eigenvalue weighted by Gasteiger charge is -2.17. The SMILES string of the molecule is CC(C)[C@H](O)[C@@H](N)C(=O)O.Cl. The second-order valence-electron chi connectivity index (χ2n) is 2.60. The van der Waals surface area contributed by atoms with Crippen LogP contribution in [0, 0.1) is 5.92 Å². The summed E-state index contributed by atoms with van der Waals surface area (Å²) in [5, 5.41) is 17.4. The average Bonchev–Trinajstić information content (AvgIpc) is 1.84. The standard InChI is InChI=1S/C6H13NO3.ClH/c1-3(2)5(8)4(7)6(9)10;/h3-5,8H,7H2,1-2H3,(H,9,10);1H/t4-,5+;/m1./s1. The van der Waals surface area contributed by atoms with Gasteiger partial charge in [0.1, 0.15) is 6.04 Å². The normalized spacial score (nSPS) is 15.4. The van der Waals surface area contributed by atoms with Crippen molar-refractivity contribution in [2.45, 2.75) is 26.0 Å². The summed E-state index contributed by atoms with van der Waals surface area (Å²) in [5.74, 6) is -1.28. The molecule has 0 unspecified atom stereocenters. The summed E-state index contributed by atoms with van der Waals surface area (Å²) in [6, 6.07) is -1.17. The van der Waals surface area contributed by atoms with Crippen molar-refractivity contribution in [3.63, 3.8) is 0 Å². The van der Waals surface area contributed by atoms with E-state index in [4.69, 9.17) is 15.9 Å². The molecule has 0 spiro atoms. The number of nitrogens with two attached hydrogens (primary N) is 1. The molecule has 5 heteroatoms. The van der Waals surface area contributed by atoms with E-state index in [9.17, 15) is 4.79 Å². The number of carbonyl (C=O) groups is 1. The topological polar surface area (TPSA) is 83.5 Å². The maximum Gasteiger partial charge on any atom is 0.323 e. The third-order valence-corrected chi connectivity index (χ3v) is 1.34. The first-order valence-electron chi connectivity index (χ1n) is 3.13. The Hall–Kier alpha value is -0.320. The van der Waals surface area contributed by atoms with Gasteiger partial charge in [-0.1, -0.05) is 13.8 Å². The van der Waals surface area contributed by atoms with E-state index < -0.39 is 18.1 Å². The molecule has 0 aliphatic heterocycles. The number of hydrogen-bond acceptors (Lipinski definition) is 3. The van der Waals surface area contributed by atoms with Gasteiger partial charge >= 0.3 is 5.97 Å². The molecule has 0 aromatic carbocycles. The molecule has 0 aliphatic rings. The van der Waals surface area contributed by atoms with Gasteiger partial charge in [0, 0.05) is 0 Å². The van der Waals surface area contributed by atoms with E-state index in [-0.39, 0.29) is 18.3 Å². The van der Waals surface area contributed by atoms with Crippen LogP contribution in [-0.4, -0.2) is 28.3 Å².